The van der Waals surface area contributed by atoms with Crippen LogP contribution < -0.4 is 10.6 Å². The Balaban J connectivity index is 0.00000261. The van der Waals surface area contributed by atoms with Crippen LogP contribution in [0, 0.1) is 5.92 Å². The van der Waals surface area contributed by atoms with Crippen LogP contribution in [0.3, 0.4) is 0 Å². The largest absolute Gasteiger partial charge is 0.352 e. The van der Waals surface area contributed by atoms with Gasteiger partial charge in [-0.2, -0.15) is 0 Å². The molecule has 5 nitrogen and oxygen atoms in total. The van der Waals surface area contributed by atoms with E-state index in [1.54, 1.807) is 13.1 Å². The third-order valence-corrected chi connectivity index (χ3v) is 5.82. The lowest BCUT2D eigenvalue weighted by molar-refractivity contribution is -0.134. The van der Waals surface area contributed by atoms with E-state index in [-0.39, 0.29) is 35.9 Å². The summed E-state index contributed by atoms with van der Waals surface area (Å²) in [7, 11) is 1.75. The Morgan fingerprint density at radius 1 is 1.26 bits per heavy atom. The van der Waals surface area contributed by atoms with Crippen molar-refractivity contribution in [2.24, 2.45) is 10.9 Å². The van der Waals surface area contributed by atoms with Crippen LogP contribution in [0.15, 0.2) is 23.2 Å². The monoisotopic (exact) mass is 524 g/mol. The molecule has 0 spiro atoms. The smallest absolute Gasteiger partial charge is 0.225 e. The predicted molar refractivity (Wildman–Crippen MR) is 122 cm³/mol. The molecule has 1 heterocycles. The van der Waals surface area contributed by atoms with Crippen LogP contribution in [0.5, 0.6) is 0 Å². The minimum Gasteiger partial charge on any atom is -0.352 e. The lowest BCUT2D eigenvalue weighted by Gasteiger charge is -2.21. The van der Waals surface area contributed by atoms with E-state index in [9.17, 15) is 4.79 Å². The number of amides is 1. The van der Waals surface area contributed by atoms with E-state index in [2.05, 4.69) is 15.6 Å². The molecule has 8 heteroatoms. The van der Waals surface area contributed by atoms with Crippen molar-refractivity contribution in [3.8, 4) is 0 Å². The summed E-state index contributed by atoms with van der Waals surface area (Å²) in [4.78, 5) is 18.8. The molecule has 1 aromatic carbocycles. The van der Waals surface area contributed by atoms with Crippen molar-refractivity contribution in [1.29, 1.82) is 0 Å². The maximum Gasteiger partial charge on any atom is 0.225 e. The van der Waals surface area contributed by atoms with Gasteiger partial charge in [0.05, 0.1) is 0 Å². The van der Waals surface area contributed by atoms with Gasteiger partial charge in [-0.05, 0) is 37.0 Å². The van der Waals surface area contributed by atoms with Gasteiger partial charge in [-0.15, -0.1) is 24.0 Å². The average Bonchev–Trinajstić information content (AvgIpc) is 3.31. The fourth-order valence-corrected chi connectivity index (χ4v) is 4.22. The highest BCUT2D eigenvalue weighted by Gasteiger charge is 2.32. The predicted octanol–water partition coefficient (Wildman–Crippen LogP) is 4.07. The first-order chi connectivity index (χ1) is 12.6. The third kappa shape index (κ3) is 6.12. The molecule has 0 bridgehead atoms. The van der Waals surface area contributed by atoms with Gasteiger partial charge in [-0.3, -0.25) is 9.79 Å². The molecule has 27 heavy (non-hydrogen) atoms. The Morgan fingerprint density at radius 2 is 2.00 bits per heavy atom. The summed E-state index contributed by atoms with van der Waals surface area (Å²) in [6.45, 7) is 2.14. The van der Waals surface area contributed by atoms with Gasteiger partial charge < -0.3 is 15.5 Å². The molecule has 3 rings (SSSR count). The highest BCUT2D eigenvalue weighted by molar-refractivity contribution is 14.0. The summed E-state index contributed by atoms with van der Waals surface area (Å²) in [5, 5.41) is 7.96. The molecule has 1 aromatic rings. The highest BCUT2D eigenvalue weighted by atomic mass is 127. The Kier molecular flexibility index (Phi) is 8.95. The number of benzene rings is 1. The molecule has 0 radical (unpaired) electrons. The molecule has 2 aliphatic rings. The molecule has 1 saturated heterocycles. The molecular weight excluding hydrogens is 498 g/mol. The number of nitrogens with one attached hydrogen (secondary N) is 2. The Morgan fingerprint density at radius 3 is 2.67 bits per heavy atom. The first kappa shape index (κ1) is 22.6. The zero-order valence-electron chi connectivity index (χ0n) is 15.5. The highest BCUT2D eigenvalue weighted by Crippen LogP contribution is 2.28. The number of aliphatic imine (C=N–C) groups is 1. The first-order valence-corrected chi connectivity index (χ1v) is 10.0. The number of guanidine groups is 1. The second kappa shape index (κ2) is 10.7. The minimum absolute atomic E-state index is 0. The zero-order valence-corrected chi connectivity index (χ0v) is 19.4. The van der Waals surface area contributed by atoms with Crippen molar-refractivity contribution in [2.75, 3.05) is 20.1 Å². The lowest BCUT2D eigenvalue weighted by Crippen LogP contribution is -2.45. The number of rotatable bonds is 4. The van der Waals surface area contributed by atoms with Crippen molar-refractivity contribution in [2.45, 2.75) is 44.7 Å². The molecule has 1 aliphatic carbocycles. The van der Waals surface area contributed by atoms with E-state index in [1.165, 1.54) is 12.8 Å². The van der Waals surface area contributed by atoms with E-state index in [4.69, 9.17) is 23.2 Å². The number of nitrogens with zero attached hydrogens (tertiary/aromatic N) is 2. The first-order valence-electron chi connectivity index (χ1n) is 9.26. The molecule has 1 unspecified atom stereocenters. The quantitative estimate of drug-likeness (QED) is 0.354. The molecule has 150 valence electrons. The standard InChI is InChI=1S/C19H26Cl2N4O.HI/c1-22-19(23-11-14-6-7-15(20)10-17(14)21)24-16-8-9-25(12-16)18(26)13-4-2-3-5-13;/h6-7,10,13,16H,2-5,8-9,11-12H2,1H3,(H2,22,23,24);1H. The normalized spacial score (nSPS) is 20.5. The van der Waals surface area contributed by atoms with E-state index in [1.807, 2.05) is 17.0 Å². The summed E-state index contributed by atoms with van der Waals surface area (Å²) >= 11 is 12.1. The number of halogens is 3. The zero-order chi connectivity index (χ0) is 18.5. The molecule has 1 amide bonds. The number of likely N-dealkylation sites (tertiary alicyclic amines) is 1. The van der Waals surface area contributed by atoms with Crippen LogP contribution in [-0.2, 0) is 11.3 Å². The van der Waals surface area contributed by atoms with Crippen LogP contribution in [0.1, 0.15) is 37.7 Å². The maximum atomic E-state index is 12.6. The summed E-state index contributed by atoms with van der Waals surface area (Å²) in [5.41, 5.74) is 0.962. The van der Waals surface area contributed by atoms with Gasteiger partial charge in [-0.1, -0.05) is 42.1 Å². The topological polar surface area (TPSA) is 56.7 Å². The number of hydrogen-bond donors (Lipinski definition) is 2. The molecule has 1 aliphatic heterocycles. The molecule has 1 atom stereocenters. The van der Waals surface area contributed by atoms with Gasteiger partial charge in [0.15, 0.2) is 5.96 Å². The SMILES string of the molecule is CN=C(NCc1ccc(Cl)cc1Cl)NC1CCN(C(=O)C2CCCC2)C1.I. The van der Waals surface area contributed by atoms with Crippen LogP contribution in [-0.4, -0.2) is 42.9 Å². The fraction of sp³-hybridized carbons (Fsp3) is 0.579. The summed E-state index contributed by atoms with van der Waals surface area (Å²) in [5.74, 6) is 1.30. The lowest BCUT2D eigenvalue weighted by atomic mass is 10.1. The molecule has 2 fully saturated rings. The second-order valence-electron chi connectivity index (χ2n) is 7.06. The molecular formula is C19H27Cl2IN4O. The van der Waals surface area contributed by atoms with Crippen LogP contribution in [0.2, 0.25) is 10.0 Å². The van der Waals surface area contributed by atoms with Crippen LogP contribution in [0.25, 0.3) is 0 Å². The molecule has 0 aromatic heterocycles. The van der Waals surface area contributed by atoms with Crippen LogP contribution >= 0.6 is 47.2 Å². The number of carbonyl (C=O) groups excluding carboxylic acids is 1. The van der Waals surface area contributed by atoms with Gasteiger partial charge in [-0.25, -0.2) is 0 Å². The van der Waals surface area contributed by atoms with Gasteiger partial charge in [0.1, 0.15) is 0 Å². The summed E-state index contributed by atoms with van der Waals surface area (Å²) < 4.78 is 0. The van der Waals surface area contributed by atoms with Gasteiger partial charge in [0, 0.05) is 48.7 Å². The molecule has 2 N–H and O–H groups in total. The number of carbonyl (C=O) groups is 1. The van der Waals surface area contributed by atoms with Crippen LogP contribution in [0.4, 0.5) is 0 Å². The van der Waals surface area contributed by atoms with E-state index in [0.29, 0.717) is 22.5 Å². The molecule has 1 saturated carbocycles. The third-order valence-electron chi connectivity index (χ3n) is 5.23. The van der Waals surface area contributed by atoms with Crippen molar-refractivity contribution in [1.82, 2.24) is 15.5 Å². The van der Waals surface area contributed by atoms with Crippen molar-refractivity contribution >= 4 is 59.0 Å². The van der Waals surface area contributed by atoms with Crippen molar-refractivity contribution in [3.05, 3.63) is 33.8 Å². The fourth-order valence-electron chi connectivity index (χ4n) is 3.74. The Hall–Kier alpha value is -0.730. The van der Waals surface area contributed by atoms with Gasteiger partial charge in [0.2, 0.25) is 5.91 Å². The van der Waals surface area contributed by atoms with E-state index in [0.717, 1.165) is 43.9 Å². The average molecular weight is 525 g/mol. The van der Waals surface area contributed by atoms with Gasteiger partial charge in [0.25, 0.3) is 0 Å². The maximum absolute atomic E-state index is 12.6. The van der Waals surface area contributed by atoms with E-state index < -0.39 is 0 Å². The van der Waals surface area contributed by atoms with Crippen molar-refractivity contribution in [3.63, 3.8) is 0 Å². The second-order valence-corrected chi connectivity index (χ2v) is 7.90. The minimum atomic E-state index is 0. The summed E-state index contributed by atoms with van der Waals surface area (Å²) in [6.07, 6.45) is 5.43. The summed E-state index contributed by atoms with van der Waals surface area (Å²) in [6, 6.07) is 5.69. The van der Waals surface area contributed by atoms with E-state index >= 15 is 0 Å². The van der Waals surface area contributed by atoms with Gasteiger partial charge >= 0.3 is 0 Å². The number of hydrogen-bond acceptors (Lipinski definition) is 2. The Bertz CT molecular complexity index is 680. The van der Waals surface area contributed by atoms with Crippen molar-refractivity contribution < 1.29 is 4.79 Å². The Labute approximate surface area is 188 Å².